The highest BCUT2D eigenvalue weighted by Crippen LogP contribution is 2.45. The molecule has 0 spiro atoms. The molecule has 0 N–H and O–H groups in total. The molecule has 6 rings (SSSR count). The van der Waals surface area contributed by atoms with Crippen LogP contribution in [0.15, 0.2) is 127 Å². The summed E-state index contributed by atoms with van der Waals surface area (Å²) in [4.78, 5) is 0. The lowest BCUT2D eigenvalue weighted by molar-refractivity contribution is 0.936. The van der Waals surface area contributed by atoms with Crippen molar-refractivity contribution >= 4 is 27.1 Å². The Morgan fingerprint density at radius 2 is 1.24 bits per heavy atom. The molecule has 5 aromatic carbocycles. The van der Waals surface area contributed by atoms with Gasteiger partial charge in [0.25, 0.3) is 0 Å². The van der Waals surface area contributed by atoms with Gasteiger partial charge in [-0.15, -0.1) is 0 Å². The molecule has 5 aromatic rings. The fourth-order valence-corrected chi connectivity index (χ4v) is 5.48. The molecule has 1 aliphatic carbocycles. The van der Waals surface area contributed by atoms with Crippen molar-refractivity contribution in [2.24, 2.45) is 0 Å². The van der Waals surface area contributed by atoms with Crippen molar-refractivity contribution in [3.05, 3.63) is 149 Å². The summed E-state index contributed by atoms with van der Waals surface area (Å²) in [5.41, 5.74) is 8.12. The number of hydrogen-bond donors (Lipinski definition) is 0. The summed E-state index contributed by atoms with van der Waals surface area (Å²) in [5, 5.41) is 5.29. The highest BCUT2D eigenvalue weighted by molar-refractivity contribution is 6.09. The zero-order valence-corrected chi connectivity index (χ0v) is 19.5. The third-order valence-corrected chi connectivity index (χ3v) is 7.11. The van der Waals surface area contributed by atoms with Gasteiger partial charge >= 0.3 is 0 Å². The first-order valence-electron chi connectivity index (χ1n) is 12.2. The smallest absolute Gasteiger partial charge is 0.0349 e. The average Bonchev–Trinajstić information content (AvgIpc) is 2.90. The molecular formula is C34H28. The Labute approximate surface area is 201 Å². The van der Waals surface area contributed by atoms with Gasteiger partial charge in [0.1, 0.15) is 0 Å². The van der Waals surface area contributed by atoms with Gasteiger partial charge in [0.15, 0.2) is 0 Å². The standard InChI is InChI=1S/C34H28/c1-24-19-21-25(22-20-24)28-14-7-10-18-32(28)34(26-11-3-2-4-12-26)33-23-27-13-5-6-15-29(27)30-16-8-9-17-31(30)33/h2-6,8-9,11-23,34H,7,10H2,1H3. The second kappa shape index (κ2) is 8.80. The van der Waals surface area contributed by atoms with E-state index in [0.717, 1.165) is 12.8 Å². The summed E-state index contributed by atoms with van der Waals surface area (Å²) in [6, 6.07) is 40.2. The quantitative estimate of drug-likeness (QED) is 0.246. The van der Waals surface area contributed by atoms with Gasteiger partial charge in [-0.2, -0.15) is 0 Å². The molecule has 0 radical (unpaired) electrons. The lowest BCUT2D eigenvalue weighted by Gasteiger charge is -2.28. The third-order valence-electron chi connectivity index (χ3n) is 7.11. The molecule has 0 saturated carbocycles. The van der Waals surface area contributed by atoms with Crippen molar-refractivity contribution < 1.29 is 0 Å². The zero-order chi connectivity index (χ0) is 22.9. The molecule has 0 aliphatic heterocycles. The first-order chi connectivity index (χ1) is 16.8. The zero-order valence-electron chi connectivity index (χ0n) is 19.5. The summed E-state index contributed by atoms with van der Waals surface area (Å²) >= 11 is 0. The van der Waals surface area contributed by atoms with Crippen molar-refractivity contribution in [3.8, 4) is 0 Å². The van der Waals surface area contributed by atoms with Crippen molar-refractivity contribution in [1.82, 2.24) is 0 Å². The molecule has 0 saturated heterocycles. The number of aryl methyl sites for hydroxylation is 1. The summed E-state index contributed by atoms with van der Waals surface area (Å²) in [6.07, 6.45) is 7.10. The minimum absolute atomic E-state index is 0.170. The molecule has 0 nitrogen and oxygen atoms in total. The van der Waals surface area contributed by atoms with E-state index in [9.17, 15) is 0 Å². The van der Waals surface area contributed by atoms with E-state index in [0.29, 0.717) is 0 Å². The maximum Gasteiger partial charge on any atom is 0.0349 e. The molecule has 1 atom stereocenters. The Morgan fingerprint density at radius 1 is 0.588 bits per heavy atom. The predicted octanol–water partition coefficient (Wildman–Crippen LogP) is 9.24. The van der Waals surface area contributed by atoms with Crippen LogP contribution in [0.5, 0.6) is 0 Å². The lowest BCUT2D eigenvalue weighted by atomic mass is 9.75. The molecule has 0 heterocycles. The lowest BCUT2D eigenvalue weighted by Crippen LogP contribution is -2.10. The van der Waals surface area contributed by atoms with E-state index in [4.69, 9.17) is 0 Å². The largest absolute Gasteiger partial charge is 0.0794 e. The SMILES string of the molecule is Cc1ccc(C2=CCCC=C2C(c2ccccc2)c2cc3ccccc3c3ccccc23)cc1. The van der Waals surface area contributed by atoms with E-state index >= 15 is 0 Å². The Bertz CT molecular complexity index is 1530. The first-order valence-corrected chi connectivity index (χ1v) is 12.2. The van der Waals surface area contributed by atoms with Gasteiger partial charge < -0.3 is 0 Å². The summed E-state index contributed by atoms with van der Waals surface area (Å²) in [5.74, 6) is 0.170. The maximum absolute atomic E-state index is 2.48. The van der Waals surface area contributed by atoms with Gasteiger partial charge in [0, 0.05) is 5.92 Å². The summed E-state index contributed by atoms with van der Waals surface area (Å²) < 4.78 is 0. The molecule has 1 unspecified atom stereocenters. The van der Waals surface area contributed by atoms with Crippen LogP contribution >= 0.6 is 0 Å². The fraction of sp³-hybridized carbons (Fsp3) is 0.118. The monoisotopic (exact) mass is 436 g/mol. The Morgan fingerprint density at radius 3 is 2.03 bits per heavy atom. The number of allylic oxidation sites excluding steroid dienone is 4. The van der Waals surface area contributed by atoms with Crippen LogP contribution in [0.3, 0.4) is 0 Å². The van der Waals surface area contributed by atoms with Crippen molar-refractivity contribution in [2.45, 2.75) is 25.7 Å². The third kappa shape index (κ3) is 3.66. The van der Waals surface area contributed by atoms with Crippen LogP contribution in [0.2, 0.25) is 0 Å². The fourth-order valence-electron chi connectivity index (χ4n) is 5.48. The van der Waals surface area contributed by atoms with Crippen molar-refractivity contribution in [1.29, 1.82) is 0 Å². The van der Waals surface area contributed by atoms with Gasteiger partial charge in [0.2, 0.25) is 0 Å². The topological polar surface area (TPSA) is 0 Å². The predicted molar refractivity (Wildman–Crippen MR) is 146 cm³/mol. The van der Waals surface area contributed by atoms with Gasteiger partial charge in [-0.1, -0.05) is 121 Å². The Balaban J connectivity index is 1.63. The van der Waals surface area contributed by atoms with E-state index < -0.39 is 0 Å². The van der Waals surface area contributed by atoms with E-state index in [2.05, 4.69) is 128 Å². The number of fused-ring (bicyclic) bond motifs is 3. The van der Waals surface area contributed by atoms with E-state index in [1.807, 2.05) is 0 Å². The number of rotatable bonds is 4. The molecule has 0 bridgehead atoms. The summed E-state index contributed by atoms with van der Waals surface area (Å²) in [6.45, 7) is 2.16. The molecule has 0 amide bonds. The van der Waals surface area contributed by atoms with Crippen LogP contribution in [-0.2, 0) is 0 Å². The van der Waals surface area contributed by atoms with Crippen LogP contribution in [0, 0.1) is 6.92 Å². The van der Waals surface area contributed by atoms with E-state index in [1.54, 1.807) is 0 Å². The van der Waals surface area contributed by atoms with Crippen LogP contribution in [0.4, 0.5) is 0 Å². The van der Waals surface area contributed by atoms with Crippen LogP contribution in [-0.4, -0.2) is 0 Å². The minimum atomic E-state index is 0.170. The van der Waals surface area contributed by atoms with E-state index in [-0.39, 0.29) is 5.92 Å². The molecule has 0 aromatic heterocycles. The van der Waals surface area contributed by atoms with Crippen LogP contribution in [0.25, 0.3) is 27.1 Å². The van der Waals surface area contributed by atoms with Crippen LogP contribution in [0.1, 0.15) is 41.0 Å². The minimum Gasteiger partial charge on any atom is -0.0794 e. The Hall–Kier alpha value is -3.90. The molecule has 1 aliphatic rings. The van der Waals surface area contributed by atoms with Gasteiger partial charge in [0.05, 0.1) is 0 Å². The first kappa shape index (κ1) is 20.7. The molecule has 164 valence electrons. The maximum atomic E-state index is 2.48. The molecule has 34 heavy (non-hydrogen) atoms. The van der Waals surface area contributed by atoms with Gasteiger partial charge in [-0.3, -0.25) is 0 Å². The number of benzene rings is 5. The number of hydrogen-bond acceptors (Lipinski definition) is 0. The van der Waals surface area contributed by atoms with Crippen molar-refractivity contribution in [3.63, 3.8) is 0 Å². The second-order valence-corrected chi connectivity index (χ2v) is 9.30. The molecule has 0 fully saturated rings. The van der Waals surface area contributed by atoms with Crippen LogP contribution < -0.4 is 0 Å². The highest BCUT2D eigenvalue weighted by Gasteiger charge is 2.26. The van der Waals surface area contributed by atoms with Gasteiger partial charge in [-0.05, 0) is 75.2 Å². The Kier molecular flexibility index (Phi) is 5.35. The van der Waals surface area contributed by atoms with Gasteiger partial charge in [-0.25, -0.2) is 0 Å². The second-order valence-electron chi connectivity index (χ2n) is 9.30. The van der Waals surface area contributed by atoms with Crippen molar-refractivity contribution in [2.75, 3.05) is 0 Å². The highest BCUT2D eigenvalue weighted by atomic mass is 14.3. The molecular weight excluding hydrogens is 408 g/mol. The average molecular weight is 437 g/mol. The van der Waals surface area contributed by atoms with E-state index in [1.165, 1.54) is 54.9 Å². The summed E-state index contributed by atoms with van der Waals surface area (Å²) in [7, 11) is 0. The molecule has 0 heteroatoms. The normalized spacial score (nSPS) is 14.6.